The van der Waals surface area contributed by atoms with Gasteiger partial charge in [-0.3, -0.25) is 9.88 Å². The summed E-state index contributed by atoms with van der Waals surface area (Å²) < 4.78 is 0. The number of hydrogen-bond donors (Lipinski definition) is 2. The van der Waals surface area contributed by atoms with Crippen LogP contribution >= 0.6 is 0 Å². The Hall–Kier alpha value is -2.40. The smallest absolute Gasteiger partial charge is 0.315 e. The third kappa shape index (κ3) is 5.29. The first-order valence-electron chi connectivity index (χ1n) is 8.91. The quantitative estimate of drug-likeness (QED) is 0.851. The van der Waals surface area contributed by atoms with Crippen molar-refractivity contribution in [2.45, 2.75) is 25.9 Å². The number of hydrogen-bond acceptors (Lipinski definition) is 3. The third-order valence-corrected chi connectivity index (χ3v) is 4.65. The molecule has 2 N–H and O–H groups in total. The van der Waals surface area contributed by atoms with E-state index in [1.165, 1.54) is 5.56 Å². The van der Waals surface area contributed by atoms with E-state index in [1.54, 1.807) is 6.20 Å². The highest BCUT2D eigenvalue weighted by Crippen LogP contribution is 2.18. The maximum Gasteiger partial charge on any atom is 0.315 e. The molecule has 0 saturated carbocycles. The standard InChI is InChI=1S/C20H26N4O/c1-16-13-24(14-17-7-3-2-4-8-17)15-19(16)23-20(25)22-12-10-18-9-5-6-11-21-18/h2-9,11,16,19H,10,12-15H2,1H3,(H2,22,23,25)/t16-,19-/m0/s1. The predicted molar refractivity (Wildman–Crippen MR) is 99.1 cm³/mol. The molecule has 1 fully saturated rings. The van der Waals surface area contributed by atoms with Gasteiger partial charge in [0.1, 0.15) is 0 Å². The minimum atomic E-state index is -0.0886. The second-order valence-corrected chi connectivity index (χ2v) is 6.73. The molecule has 0 bridgehead atoms. The van der Waals surface area contributed by atoms with Crippen LogP contribution in [0.4, 0.5) is 4.79 Å². The number of nitrogens with one attached hydrogen (secondary N) is 2. The summed E-state index contributed by atoms with van der Waals surface area (Å²) in [6.45, 7) is 5.63. The zero-order valence-electron chi connectivity index (χ0n) is 14.7. The molecule has 2 aromatic rings. The van der Waals surface area contributed by atoms with Gasteiger partial charge in [-0.15, -0.1) is 0 Å². The Morgan fingerprint density at radius 3 is 2.72 bits per heavy atom. The van der Waals surface area contributed by atoms with E-state index in [0.717, 1.165) is 31.7 Å². The van der Waals surface area contributed by atoms with Crippen molar-refractivity contribution in [3.05, 3.63) is 66.0 Å². The van der Waals surface area contributed by atoms with Crippen molar-refractivity contribution in [2.75, 3.05) is 19.6 Å². The van der Waals surface area contributed by atoms with Crippen LogP contribution in [0.2, 0.25) is 0 Å². The lowest BCUT2D eigenvalue weighted by atomic mass is 10.1. The van der Waals surface area contributed by atoms with E-state index in [9.17, 15) is 4.79 Å². The number of carbonyl (C=O) groups is 1. The van der Waals surface area contributed by atoms with Gasteiger partial charge in [-0.2, -0.15) is 0 Å². The van der Waals surface area contributed by atoms with Gasteiger partial charge in [-0.1, -0.05) is 43.3 Å². The van der Waals surface area contributed by atoms with Gasteiger partial charge in [0.25, 0.3) is 0 Å². The maximum absolute atomic E-state index is 12.1. The van der Waals surface area contributed by atoms with Crippen molar-refractivity contribution in [3.8, 4) is 0 Å². The molecule has 5 nitrogen and oxygen atoms in total. The van der Waals surface area contributed by atoms with Crippen molar-refractivity contribution in [3.63, 3.8) is 0 Å². The second-order valence-electron chi connectivity index (χ2n) is 6.73. The molecule has 5 heteroatoms. The van der Waals surface area contributed by atoms with E-state index in [1.807, 2.05) is 24.3 Å². The minimum absolute atomic E-state index is 0.0886. The molecule has 25 heavy (non-hydrogen) atoms. The van der Waals surface area contributed by atoms with Gasteiger partial charge < -0.3 is 10.6 Å². The molecule has 1 saturated heterocycles. The van der Waals surface area contributed by atoms with Crippen LogP contribution in [-0.2, 0) is 13.0 Å². The SMILES string of the molecule is C[C@H]1CN(Cc2ccccc2)C[C@@H]1NC(=O)NCCc1ccccn1. The molecule has 0 aliphatic carbocycles. The van der Waals surface area contributed by atoms with Crippen molar-refractivity contribution >= 4 is 6.03 Å². The monoisotopic (exact) mass is 338 g/mol. The lowest BCUT2D eigenvalue weighted by Crippen LogP contribution is -2.45. The highest BCUT2D eigenvalue weighted by molar-refractivity contribution is 5.74. The highest BCUT2D eigenvalue weighted by atomic mass is 16.2. The zero-order chi connectivity index (χ0) is 17.5. The van der Waals surface area contributed by atoms with Crippen molar-refractivity contribution in [2.24, 2.45) is 5.92 Å². The van der Waals surface area contributed by atoms with Crippen LogP contribution in [-0.4, -0.2) is 41.6 Å². The first-order valence-corrected chi connectivity index (χ1v) is 8.91. The molecule has 2 atom stereocenters. The number of aromatic nitrogens is 1. The number of nitrogens with zero attached hydrogens (tertiary/aromatic N) is 2. The van der Waals surface area contributed by atoms with Crippen molar-refractivity contribution in [1.29, 1.82) is 0 Å². The number of likely N-dealkylation sites (tertiary alicyclic amines) is 1. The largest absolute Gasteiger partial charge is 0.338 e. The highest BCUT2D eigenvalue weighted by Gasteiger charge is 2.30. The number of pyridine rings is 1. The first kappa shape index (κ1) is 17.4. The fourth-order valence-electron chi connectivity index (χ4n) is 3.30. The molecule has 0 spiro atoms. The average molecular weight is 338 g/mol. The van der Waals surface area contributed by atoms with Crippen molar-refractivity contribution < 1.29 is 4.79 Å². The molecular weight excluding hydrogens is 312 g/mol. The minimum Gasteiger partial charge on any atom is -0.338 e. The number of carbonyl (C=O) groups excluding carboxylic acids is 1. The summed E-state index contributed by atoms with van der Waals surface area (Å²) in [5.41, 5.74) is 2.31. The molecule has 2 amide bonds. The number of urea groups is 1. The van der Waals surface area contributed by atoms with E-state index in [2.05, 4.69) is 51.7 Å². The summed E-state index contributed by atoms with van der Waals surface area (Å²) in [7, 11) is 0. The number of rotatable bonds is 6. The van der Waals surface area contributed by atoms with Crippen LogP contribution in [0.25, 0.3) is 0 Å². The van der Waals surface area contributed by atoms with Crippen LogP contribution in [0.3, 0.4) is 0 Å². The Labute approximate surface area is 149 Å². The molecule has 132 valence electrons. The fraction of sp³-hybridized carbons (Fsp3) is 0.400. The topological polar surface area (TPSA) is 57.3 Å². The lowest BCUT2D eigenvalue weighted by molar-refractivity contribution is 0.234. The van der Waals surface area contributed by atoms with Gasteiger partial charge in [-0.05, 0) is 23.6 Å². The van der Waals surface area contributed by atoms with Crippen LogP contribution < -0.4 is 10.6 Å². The first-order chi connectivity index (χ1) is 12.2. The van der Waals surface area contributed by atoms with Gasteiger partial charge in [0.15, 0.2) is 0 Å². The average Bonchev–Trinajstić information content (AvgIpc) is 2.96. The van der Waals surface area contributed by atoms with E-state index in [0.29, 0.717) is 12.5 Å². The summed E-state index contributed by atoms with van der Waals surface area (Å²) in [6.07, 6.45) is 2.52. The van der Waals surface area contributed by atoms with Crippen LogP contribution in [0, 0.1) is 5.92 Å². The van der Waals surface area contributed by atoms with Gasteiger partial charge in [0, 0.05) is 50.5 Å². The molecule has 3 rings (SSSR count). The Balaban J connectivity index is 1.40. The molecule has 0 unspecified atom stereocenters. The van der Waals surface area contributed by atoms with E-state index in [4.69, 9.17) is 0 Å². The molecule has 1 aliphatic rings. The van der Waals surface area contributed by atoms with Gasteiger partial charge >= 0.3 is 6.03 Å². The normalized spacial score (nSPS) is 20.4. The predicted octanol–water partition coefficient (Wildman–Crippen LogP) is 2.44. The number of amides is 2. The maximum atomic E-state index is 12.1. The van der Waals surface area contributed by atoms with Crippen LogP contribution in [0.1, 0.15) is 18.2 Å². The summed E-state index contributed by atoms with van der Waals surface area (Å²) in [4.78, 5) is 18.8. The summed E-state index contributed by atoms with van der Waals surface area (Å²) >= 11 is 0. The molecule has 1 aliphatic heterocycles. The summed E-state index contributed by atoms with van der Waals surface area (Å²) in [5, 5.41) is 6.05. The van der Waals surface area contributed by atoms with Gasteiger partial charge in [0.05, 0.1) is 0 Å². The fourth-order valence-corrected chi connectivity index (χ4v) is 3.30. The Kier molecular flexibility index (Phi) is 6.01. The van der Waals surface area contributed by atoms with E-state index in [-0.39, 0.29) is 12.1 Å². The molecular formula is C20H26N4O. The Morgan fingerprint density at radius 1 is 1.16 bits per heavy atom. The number of benzene rings is 1. The molecule has 1 aromatic carbocycles. The Morgan fingerprint density at radius 2 is 1.96 bits per heavy atom. The summed E-state index contributed by atoms with van der Waals surface area (Å²) in [6, 6.07) is 16.4. The van der Waals surface area contributed by atoms with Crippen LogP contribution in [0.15, 0.2) is 54.7 Å². The van der Waals surface area contributed by atoms with E-state index < -0.39 is 0 Å². The van der Waals surface area contributed by atoms with Crippen molar-refractivity contribution in [1.82, 2.24) is 20.5 Å². The zero-order valence-corrected chi connectivity index (χ0v) is 14.7. The van der Waals surface area contributed by atoms with Crippen LogP contribution in [0.5, 0.6) is 0 Å². The van der Waals surface area contributed by atoms with E-state index >= 15 is 0 Å². The van der Waals surface area contributed by atoms with Gasteiger partial charge in [0.2, 0.25) is 0 Å². The third-order valence-electron chi connectivity index (χ3n) is 4.65. The molecule has 0 radical (unpaired) electrons. The lowest BCUT2D eigenvalue weighted by Gasteiger charge is -2.18. The summed E-state index contributed by atoms with van der Waals surface area (Å²) in [5.74, 6) is 0.449. The molecule has 1 aromatic heterocycles. The second kappa shape index (κ2) is 8.62. The molecule has 2 heterocycles. The van der Waals surface area contributed by atoms with Gasteiger partial charge in [-0.25, -0.2) is 4.79 Å². The Bertz CT molecular complexity index is 662.